The average Bonchev–Trinajstić information content (AvgIpc) is 2.61. The van der Waals surface area contributed by atoms with E-state index in [0.29, 0.717) is 29.2 Å². The predicted molar refractivity (Wildman–Crippen MR) is 95.6 cm³/mol. The summed E-state index contributed by atoms with van der Waals surface area (Å²) in [4.78, 5) is 9.93. The maximum Gasteiger partial charge on any atom is 0.271 e. The molecule has 11 heteroatoms. The highest BCUT2D eigenvalue weighted by atomic mass is 79.9. The molecule has 0 radical (unpaired) electrons. The van der Waals surface area contributed by atoms with Crippen molar-refractivity contribution in [2.45, 2.75) is 4.90 Å². The standard InChI is InChI=1S/C15H13BrN2O7S/c1-23-12-3-2-9(18(19)20)6-15(12)26(21,22)17-11-8-14-13(7-10(11)16)24-4-5-25-14/h2-3,6-8,17H,4-5H2,1H3. The lowest BCUT2D eigenvalue weighted by atomic mass is 10.2. The van der Waals surface area contributed by atoms with Crippen molar-refractivity contribution in [3.8, 4) is 17.2 Å². The molecule has 1 aliphatic rings. The molecule has 0 saturated carbocycles. The number of hydrogen-bond donors (Lipinski definition) is 1. The molecule has 2 aromatic rings. The highest BCUT2D eigenvalue weighted by Gasteiger charge is 2.25. The summed E-state index contributed by atoms with van der Waals surface area (Å²) in [7, 11) is -2.89. The fourth-order valence-electron chi connectivity index (χ4n) is 2.33. The molecule has 2 aromatic carbocycles. The summed E-state index contributed by atoms with van der Waals surface area (Å²) in [6, 6.07) is 6.38. The number of nitro groups is 1. The minimum absolute atomic E-state index is 0.0169. The van der Waals surface area contributed by atoms with Gasteiger partial charge in [0.15, 0.2) is 11.5 Å². The molecule has 0 aliphatic carbocycles. The van der Waals surface area contributed by atoms with Crippen molar-refractivity contribution in [1.82, 2.24) is 0 Å². The van der Waals surface area contributed by atoms with Crippen LogP contribution in [0.1, 0.15) is 0 Å². The van der Waals surface area contributed by atoms with Crippen LogP contribution in [0, 0.1) is 10.1 Å². The number of ether oxygens (including phenoxy) is 3. The maximum absolute atomic E-state index is 12.8. The Hall–Kier alpha value is -2.53. The normalized spacial score (nSPS) is 13.2. The van der Waals surface area contributed by atoms with Crippen LogP contribution in [-0.4, -0.2) is 33.7 Å². The van der Waals surface area contributed by atoms with Crippen molar-refractivity contribution in [1.29, 1.82) is 0 Å². The highest BCUT2D eigenvalue weighted by Crippen LogP contribution is 2.39. The summed E-state index contributed by atoms with van der Waals surface area (Å²) in [6.45, 7) is 0.745. The third kappa shape index (κ3) is 3.53. The SMILES string of the molecule is COc1ccc([N+](=O)[O-])cc1S(=O)(=O)Nc1cc2c(cc1Br)OCCO2. The molecular formula is C15H13BrN2O7S. The van der Waals surface area contributed by atoms with E-state index in [-0.39, 0.29) is 22.0 Å². The van der Waals surface area contributed by atoms with Gasteiger partial charge in [0.25, 0.3) is 15.7 Å². The highest BCUT2D eigenvalue weighted by molar-refractivity contribution is 9.10. The van der Waals surface area contributed by atoms with Crippen molar-refractivity contribution in [3.05, 3.63) is 44.9 Å². The number of halogens is 1. The second kappa shape index (κ2) is 7.00. The van der Waals surface area contributed by atoms with Gasteiger partial charge in [-0.1, -0.05) is 0 Å². The summed E-state index contributed by atoms with van der Waals surface area (Å²) in [5.41, 5.74) is -0.171. The molecular weight excluding hydrogens is 432 g/mol. The van der Waals surface area contributed by atoms with Gasteiger partial charge in [-0.3, -0.25) is 14.8 Å². The number of rotatable bonds is 5. The molecule has 0 amide bonds. The van der Waals surface area contributed by atoms with Gasteiger partial charge in [0.1, 0.15) is 23.9 Å². The van der Waals surface area contributed by atoms with Crippen LogP contribution < -0.4 is 18.9 Å². The Labute approximate surface area is 157 Å². The number of hydrogen-bond acceptors (Lipinski definition) is 7. The third-order valence-electron chi connectivity index (χ3n) is 3.52. The van der Waals surface area contributed by atoms with Gasteiger partial charge in [0.2, 0.25) is 0 Å². The Balaban J connectivity index is 2.02. The fourth-order valence-corrected chi connectivity index (χ4v) is 4.14. The van der Waals surface area contributed by atoms with Crippen LogP contribution in [0.2, 0.25) is 0 Å². The first-order valence-electron chi connectivity index (χ1n) is 7.26. The monoisotopic (exact) mass is 444 g/mol. The molecule has 9 nitrogen and oxygen atoms in total. The van der Waals surface area contributed by atoms with Gasteiger partial charge < -0.3 is 14.2 Å². The summed E-state index contributed by atoms with van der Waals surface area (Å²) in [5.74, 6) is 0.860. The van der Waals surface area contributed by atoms with E-state index in [2.05, 4.69) is 20.7 Å². The molecule has 0 spiro atoms. The number of anilines is 1. The van der Waals surface area contributed by atoms with E-state index in [1.165, 1.54) is 19.2 Å². The molecule has 0 fully saturated rings. The van der Waals surface area contributed by atoms with E-state index < -0.39 is 14.9 Å². The van der Waals surface area contributed by atoms with Crippen LogP contribution in [-0.2, 0) is 10.0 Å². The number of methoxy groups -OCH3 is 1. The number of sulfonamides is 1. The Morgan fingerprint density at radius 1 is 1.19 bits per heavy atom. The Morgan fingerprint density at radius 2 is 1.85 bits per heavy atom. The summed E-state index contributed by atoms with van der Waals surface area (Å²) >= 11 is 3.27. The number of nitrogens with zero attached hydrogens (tertiary/aromatic N) is 1. The van der Waals surface area contributed by atoms with Crippen LogP contribution in [0.15, 0.2) is 39.7 Å². The Morgan fingerprint density at radius 3 is 2.46 bits per heavy atom. The molecule has 0 saturated heterocycles. The van der Waals surface area contributed by atoms with Gasteiger partial charge in [-0.2, -0.15) is 0 Å². The molecule has 0 atom stereocenters. The summed E-state index contributed by atoms with van der Waals surface area (Å²) < 4.78 is 44.2. The minimum Gasteiger partial charge on any atom is -0.495 e. The Kier molecular flexibility index (Phi) is 4.92. The van der Waals surface area contributed by atoms with E-state index >= 15 is 0 Å². The van der Waals surface area contributed by atoms with Crippen LogP contribution in [0.3, 0.4) is 0 Å². The van der Waals surface area contributed by atoms with Crippen molar-refractivity contribution >= 4 is 37.3 Å². The lowest BCUT2D eigenvalue weighted by molar-refractivity contribution is -0.385. The van der Waals surface area contributed by atoms with Crippen molar-refractivity contribution in [2.24, 2.45) is 0 Å². The zero-order valence-corrected chi connectivity index (χ0v) is 15.8. The number of nitrogens with one attached hydrogen (secondary N) is 1. The van der Waals surface area contributed by atoms with Crippen molar-refractivity contribution in [2.75, 3.05) is 25.0 Å². The summed E-state index contributed by atoms with van der Waals surface area (Å²) in [6.07, 6.45) is 0. The fraction of sp³-hybridized carbons (Fsp3) is 0.200. The van der Waals surface area contributed by atoms with Crippen LogP contribution in [0.4, 0.5) is 11.4 Å². The quantitative estimate of drug-likeness (QED) is 0.556. The third-order valence-corrected chi connectivity index (χ3v) is 5.57. The molecule has 1 heterocycles. The molecule has 26 heavy (non-hydrogen) atoms. The molecule has 3 rings (SSSR count). The topological polar surface area (TPSA) is 117 Å². The van der Waals surface area contributed by atoms with E-state index in [4.69, 9.17) is 14.2 Å². The first-order valence-corrected chi connectivity index (χ1v) is 9.54. The van der Waals surface area contributed by atoms with E-state index in [1.807, 2.05) is 0 Å². The molecule has 0 unspecified atom stereocenters. The van der Waals surface area contributed by atoms with Crippen molar-refractivity contribution in [3.63, 3.8) is 0 Å². The predicted octanol–water partition coefficient (Wildman–Crippen LogP) is 2.94. The maximum atomic E-state index is 12.8. The number of benzene rings is 2. The van der Waals surface area contributed by atoms with E-state index in [1.54, 1.807) is 6.07 Å². The van der Waals surface area contributed by atoms with E-state index in [9.17, 15) is 18.5 Å². The first kappa shape index (κ1) is 18.3. The number of nitro benzene ring substituents is 1. The lowest BCUT2D eigenvalue weighted by Gasteiger charge is -2.20. The van der Waals surface area contributed by atoms with Gasteiger partial charge in [-0.05, 0) is 22.0 Å². The zero-order chi connectivity index (χ0) is 18.9. The first-order chi connectivity index (χ1) is 12.3. The van der Waals surface area contributed by atoms with Gasteiger partial charge >= 0.3 is 0 Å². The lowest BCUT2D eigenvalue weighted by Crippen LogP contribution is -2.17. The molecule has 1 N–H and O–H groups in total. The average molecular weight is 445 g/mol. The molecule has 0 aromatic heterocycles. The molecule has 0 bridgehead atoms. The largest absolute Gasteiger partial charge is 0.495 e. The second-order valence-corrected chi connectivity index (χ2v) is 7.68. The van der Waals surface area contributed by atoms with Crippen LogP contribution >= 0.6 is 15.9 Å². The second-order valence-electron chi connectivity index (χ2n) is 5.17. The zero-order valence-electron chi connectivity index (χ0n) is 13.4. The van der Waals surface area contributed by atoms with Gasteiger partial charge in [0, 0.05) is 28.7 Å². The minimum atomic E-state index is -4.17. The van der Waals surface area contributed by atoms with Crippen LogP contribution in [0.5, 0.6) is 17.2 Å². The van der Waals surface area contributed by atoms with Crippen LogP contribution in [0.25, 0.3) is 0 Å². The summed E-state index contributed by atoms with van der Waals surface area (Å²) in [5, 5.41) is 11.0. The molecule has 138 valence electrons. The number of non-ortho nitro benzene ring substituents is 1. The van der Waals surface area contributed by atoms with Crippen molar-refractivity contribution < 1.29 is 27.6 Å². The number of fused-ring (bicyclic) bond motifs is 1. The van der Waals surface area contributed by atoms with Gasteiger partial charge in [-0.15, -0.1) is 0 Å². The van der Waals surface area contributed by atoms with Gasteiger partial charge in [-0.25, -0.2) is 8.42 Å². The Bertz CT molecular complexity index is 978. The van der Waals surface area contributed by atoms with E-state index in [0.717, 1.165) is 12.1 Å². The van der Waals surface area contributed by atoms with Gasteiger partial charge in [0.05, 0.1) is 17.7 Å². The molecule has 1 aliphatic heterocycles. The smallest absolute Gasteiger partial charge is 0.271 e.